The van der Waals surface area contributed by atoms with Gasteiger partial charge in [-0.05, 0) is 27.4 Å². The highest BCUT2D eigenvalue weighted by atomic mass is 79.9. The Kier molecular flexibility index (Phi) is 4.03. The van der Waals surface area contributed by atoms with E-state index < -0.39 is 6.16 Å². The monoisotopic (exact) mass is 301 g/mol. The molecule has 0 amide bonds. The van der Waals surface area contributed by atoms with Gasteiger partial charge in [0.05, 0.1) is 7.11 Å². The highest BCUT2D eigenvalue weighted by Gasteiger charge is 2.22. The number of hydrogen-bond donors (Lipinski definition) is 1. The molecule has 0 spiro atoms. The van der Waals surface area contributed by atoms with Crippen molar-refractivity contribution in [1.29, 1.82) is 0 Å². The summed E-state index contributed by atoms with van der Waals surface area (Å²) in [6, 6.07) is 3.47. The Labute approximate surface area is 109 Å². The summed E-state index contributed by atoms with van der Waals surface area (Å²) in [7, 11) is 1.27. The second-order valence-electron chi connectivity index (χ2n) is 4.68. The van der Waals surface area contributed by atoms with Crippen molar-refractivity contribution in [3.05, 3.63) is 22.2 Å². The number of nitrogens with two attached hydrogens (primary N) is 1. The third-order valence-electron chi connectivity index (χ3n) is 2.27. The van der Waals surface area contributed by atoms with Crippen molar-refractivity contribution >= 4 is 27.8 Å². The van der Waals surface area contributed by atoms with Gasteiger partial charge in [0.25, 0.3) is 0 Å². The van der Waals surface area contributed by atoms with Gasteiger partial charge in [0.15, 0.2) is 0 Å². The van der Waals surface area contributed by atoms with Gasteiger partial charge in [-0.1, -0.05) is 20.8 Å². The number of anilines is 1. The zero-order chi connectivity index (χ0) is 13.2. The van der Waals surface area contributed by atoms with E-state index in [0.717, 1.165) is 10.0 Å². The minimum absolute atomic E-state index is 0.167. The van der Waals surface area contributed by atoms with Crippen LogP contribution >= 0.6 is 15.9 Å². The lowest BCUT2D eigenvalue weighted by molar-refractivity contribution is 0.120. The van der Waals surface area contributed by atoms with Gasteiger partial charge < -0.3 is 15.2 Å². The minimum Gasteiger partial charge on any atom is -0.437 e. The molecule has 0 radical (unpaired) electrons. The van der Waals surface area contributed by atoms with Crippen LogP contribution in [0.4, 0.5) is 10.5 Å². The molecule has 0 saturated heterocycles. The topological polar surface area (TPSA) is 61.5 Å². The summed E-state index contributed by atoms with van der Waals surface area (Å²) in [5.74, 6) is 0.421. The molecule has 0 fully saturated rings. The molecule has 0 aliphatic rings. The van der Waals surface area contributed by atoms with Crippen molar-refractivity contribution in [2.45, 2.75) is 26.2 Å². The van der Waals surface area contributed by atoms with Crippen LogP contribution in [0, 0.1) is 0 Å². The van der Waals surface area contributed by atoms with E-state index in [1.807, 2.05) is 26.8 Å². The first-order chi connectivity index (χ1) is 7.75. The highest BCUT2D eigenvalue weighted by molar-refractivity contribution is 9.10. The van der Waals surface area contributed by atoms with Gasteiger partial charge in [-0.25, -0.2) is 4.79 Å². The summed E-state index contributed by atoms with van der Waals surface area (Å²) >= 11 is 3.36. The summed E-state index contributed by atoms with van der Waals surface area (Å²) in [5, 5.41) is 0. The molecule has 1 aromatic rings. The average Bonchev–Trinajstić information content (AvgIpc) is 2.21. The van der Waals surface area contributed by atoms with Gasteiger partial charge in [0.1, 0.15) is 5.75 Å². The molecule has 0 bridgehead atoms. The molecule has 1 rings (SSSR count). The van der Waals surface area contributed by atoms with Crippen LogP contribution in [0.2, 0.25) is 0 Å². The average molecular weight is 302 g/mol. The third-order valence-corrected chi connectivity index (χ3v) is 2.95. The number of methoxy groups -OCH3 is 1. The maximum Gasteiger partial charge on any atom is 0.513 e. The van der Waals surface area contributed by atoms with Crippen molar-refractivity contribution < 1.29 is 14.3 Å². The Hall–Kier alpha value is -1.23. The van der Waals surface area contributed by atoms with Gasteiger partial charge in [-0.15, -0.1) is 0 Å². The summed E-state index contributed by atoms with van der Waals surface area (Å²) < 4.78 is 10.4. The second kappa shape index (κ2) is 4.96. The van der Waals surface area contributed by atoms with Gasteiger partial charge in [-0.3, -0.25) is 0 Å². The molecule has 0 aliphatic carbocycles. The lowest BCUT2D eigenvalue weighted by Gasteiger charge is -2.22. The smallest absolute Gasteiger partial charge is 0.437 e. The summed E-state index contributed by atoms with van der Waals surface area (Å²) in [6.45, 7) is 6.07. The molecule has 1 aromatic carbocycles. The highest BCUT2D eigenvalue weighted by Crippen LogP contribution is 2.36. The van der Waals surface area contributed by atoms with Crippen LogP contribution in [0.1, 0.15) is 26.3 Å². The van der Waals surface area contributed by atoms with Crippen molar-refractivity contribution in [2.24, 2.45) is 0 Å². The van der Waals surface area contributed by atoms with E-state index in [4.69, 9.17) is 10.5 Å². The van der Waals surface area contributed by atoms with Crippen LogP contribution < -0.4 is 10.5 Å². The summed E-state index contributed by atoms with van der Waals surface area (Å²) in [5.41, 5.74) is 6.99. The van der Waals surface area contributed by atoms with Crippen molar-refractivity contribution in [3.8, 4) is 5.75 Å². The fourth-order valence-electron chi connectivity index (χ4n) is 1.37. The summed E-state index contributed by atoms with van der Waals surface area (Å²) in [6.07, 6.45) is -0.753. The number of benzene rings is 1. The zero-order valence-corrected chi connectivity index (χ0v) is 11.9. The van der Waals surface area contributed by atoms with Gasteiger partial charge in [-0.2, -0.15) is 0 Å². The molecule has 5 heteroatoms. The lowest BCUT2D eigenvalue weighted by atomic mass is 9.86. The predicted molar refractivity (Wildman–Crippen MR) is 70.3 cm³/mol. The van der Waals surface area contributed by atoms with Crippen LogP contribution in [-0.4, -0.2) is 13.3 Å². The van der Waals surface area contributed by atoms with E-state index in [1.54, 1.807) is 6.07 Å². The van der Waals surface area contributed by atoms with Crippen LogP contribution in [0.25, 0.3) is 0 Å². The Morgan fingerprint density at radius 2 is 1.94 bits per heavy atom. The molecule has 0 aliphatic heterocycles. The van der Waals surface area contributed by atoms with E-state index in [-0.39, 0.29) is 5.41 Å². The quantitative estimate of drug-likeness (QED) is 0.490. The SMILES string of the molecule is COC(=O)Oc1cc(N)c(Br)cc1C(C)(C)C. The molecular weight excluding hydrogens is 286 g/mol. The first-order valence-electron chi connectivity index (χ1n) is 5.11. The van der Waals surface area contributed by atoms with E-state index in [9.17, 15) is 4.79 Å². The van der Waals surface area contributed by atoms with E-state index in [1.165, 1.54) is 7.11 Å². The molecule has 17 heavy (non-hydrogen) atoms. The first kappa shape index (κ1) is 13.8. The van der Waals surface area contributed by atoms with Crippen molar-refractivity contribution in [2.75, 3.05) is 12.8 Å². The van der Waals surface area contributed by atoms with E-state index >= 15 is 0 Å². The van der Waals surface area contributed by atoms with Gasteiger partial charge in [0.2, 0.25) is 0 Å². The maximum atomic E-state index is 11.2. The number of hydrogen-bond acceptors (Lipinski definition) is 4. The fourth-order valence-corrected chi connectivity index (χ4v) is 1.71. The largest absolute Gasteiger partial charge is 0.513 e. The number of halogens is 1. The van der Waals surface area contributed by atoms with Crippen molar-refractivity contribution in [3.63, 3.8) is 0 Å². The Morgan fingerprint density at radius 3 is 2.41 bits per heavy atom. The lowest BCUT2D eigenvalue weighted by Crippen LogP contribution is -2.16. The van der Waals surface area contributed by atoms with Crippen LogP contribution in [0.5, 0.6) is 5.75 Å². The van der Waals surface area contributed by atoms with E-state index in [2.05, 4.69) is 20.7 Å². The molecule has 0 aromatic heterocycles. The fraction of sp³-hybridized carbons (Fsp3) is 0.417. The molecule has 2 N–H and O–H groups in total. The third kappa shape index (κ3) is 3.36. The number of ether oxygens (including phenoxy) is 2. The van der Waals surface area contributed by atoms with Crippen LogP contribution in [0.15, 0.2) is 16.6 Å². The van der Waals surface area contributed by atoms with E-state index in [0.29, 0.717) is 11.4 Å². The zero-order valence-electron chi connectivity index (χ0n) is 10.3. The Balaban J connectivity index is 3.26. The van der Waals surface area contributed by atoms with Gasteiger partial charge in [0, 0.05) is 21.8 Å². The molecule has 0 heterocycles. The minimum atomic E-state index is -0.753. The Morgan fingerprint density at radius 1 is 1.35 bits per heavy atom. The van der Waals surface area contributed by atoms with Gasteiger partial charge >= 0.3 is 6.16 Å². The molecular formula is C12H16BrNO3. The molecule has 0 atom stereocenters. The second-order valence-corrected chi connectivity index (χ2v) is 5.53. The first-order valence-corrected chi connectivity index (χ1v) is 5.90. The van der Waals surface area contributed by atoms with Crippen LogP contribution in [-0.2, 0) is 10.2 Å². The number of carbonyl (C=O) groups is 1. The number of nitrogen functional groups attached to an aromatic ring is 1. The number of carbonyl (C=O) groups excluding carboxylic acids is 1. The maximum absolute atomic E-state index is 11.2. The standard InChI is InChI=1S/C12H16BrNO3/c1-12(2,3)7-5-8(13)9(14)6-10(7)17-11(15)16-4/h5-6H,14H2,1-4H3. The van der Waals surface area contributed by atoms with Crippen molar-refractivity contribution in [1.82, 2.24) is 0 Å². The molecule has 94 valence electrons. The predicted octanol–water partition coefficient (Wildman–Crippen LogP) is 3.47. The number of rotatable bonds is 1. The van der Waals surface area contributed by atoms with Crippen LogP contribution in [0.3, 0.4) is 0 Å². The molecule has 4 nitrogen and oxygen atoms in total. The molecule has 0 saturated carbocycles. The molecule has 0 unspecified atom stereocenters. The Bertz CT molecular complexity index is 438. The normalized spacial score (nSPS) is 11.1. The summed E-state index contributed by atoms with van der Waals surface area (Å²) in [4.78, 5) is 11.2.